The maximum Gasteiger partial charge on any atom is 0.325 e. The molecule has 6 nitrogen and oxygen atoms in total. The molecule has 0 saturated carbocycles. The van der Waals surface area contributed by atoms with Crippen molar-refractivity contribution in [1.82, 2.24) is 4.98 Å². The van der Waals surface area contributed by atoms with E-state index in [4.69, 9.17) is 4.74 Å². The van der Waals surface area contributed by atoms with Crippen LogP contribution in [0.2, 0.25) is 0 Å². The third-order valence-corrected chi connectivity index (χ3v) is 4.33. The van der Waals surface area contributed by atoms with Crippen LogP contribution in [0.15, 0.2) is 24.4 Å². The summed E-state index contributed by atoms with van der Waals surface area (Å²) in [6.45, 7) is 3.52. The van der Waals surface area contributed by atoms with Crippen LogP contribution in [0.4, 0.5) is 0 Å². The van der Waals surface area contributed by atoms with E-state index < -0.39 is 24.0 Å². The third kappa shape index (κ3) is 3.64. The quantitative estimate of drug-likeness (QED) is 0.437. The minimum Gasteiger partial charge on any atom is -0.480 e. The van der Waals surface area contributed by atoms with Crippen molar-refractivity contribution in [3.05, 3.63) is 39.1 Å². The van der Waals surface area contributed by atoms with Gasteiger partial charge in [0.2, 0.25) is 0 Å². The first-order valence-corrected chi connectivity index (χ1v) is 8.38. The predicted octanol–water partition coefficient (Wildman–Crippen LogP) is 3.22. The number of carbonyl (C=O) groups excluding carboxylic acids is 1. The summed E-state index contributed by atoms with van der Waals surface area (Å²) in [5.74, 6) is -3.80. The molecular weight excluding hydrogens is 423 g/mol. The molecular formula is C17H15IN2O4. The van der Waals surface area contributed by atoms with Crippen molar-refractivity contribution < 1.29 is 19.4 Å². The number of nitriles is 1. The number of ether oxygens (including phenoxy) is 1. The van der Waals surface area contributed by atoms with E-state index in [1.807, 2.05) is 19.1 Å². The molecule has 0 saturated heterocycles. The van der Waals surface area contributed by atoms with Crippen LogP contribution in [0.5, 0.6) is 0 Å². The lowest BCUT2D eigenvalue weighted by Crippen LogP contribution is -2.27. The van der Waals surface area contributed by atoms with Gasteiger partial charge in [-0.05, 0) is 54.1 Å². The number of esters is 1. The van der Waals surface area contributed by atoms with Gasteiger partial charge in [-0.1, -0.05) is 6.92 Å². The molecule has 1 heterocycles. The van der Waals surface area contributed by atoms with Gasteiger partial charge in [0.15, 0.2) is 5.92 Å². The Balaban J connectivity index is 2.69. The summed E-state index contributed by atoms with van der Waals surface area (Å²) >= 11 is 2.08. The summed E-state index contributed by atoms with van der Waals surface area (Å²) in [5.41, 5.74) is 0.701. The number of carbonyl (C=O) groups is 2. The molecule has 0 aliphatic carbocycles. The first-order valence-electron chi connectivity index (χ1n) is 7.30. The number of halogens is 1. The van der Waals surface area contributed by atoms with Gasteiger partial charge < -0.3 is 9.84 Å². The van der Waals surface area contributed by atoms with Crippen molar-refractivity contribution in [2.24, 2.45) is 0 Å². The second kappa shape index (κ2) is 7.57. The molecule has 2 atom stereocenters. The molecule has 0 amide bonds. The van der Waals surface area contributed by atoms with Crippen LogP contribution in [-0.4, -0.2) is 28.1 Å². The maximum absolute atomic E-state index is 12.4. The van der Waals surface area contributed by atoms with E-state index in [1.165, 1.54) is 6.20 Å². The van der Waals surface area contributed by atoms with Crippen molar-refractivity contribution in [2.75, 3.05) is 0 Å². The highest BCUT2D eigenvalue weighted by atomic mass is 127. The van der Waals surface area contributed by atoms with E-state index in [0.29, 0.717) is 17.3 Å². The molecule has 2 unspecified atom stereocenters. The van der Waals surface area contributed by atoms with Crippen LogP contribution in [-0.2, 0) is 14.3 Å². The van der Waals surface area contributed by atoms with Crippen LogP contribution in [0.3, 0.4) is 0 Å². The zero-order valence-electron chi connectivity index (χ0n) is 13.1. The zero-order chi connectivity index (χ0) is 17.9. The van der Waals surface area contributed by atoms with Crippen LogP contribution < -0.4 is 0 Å². The average Bonchev–Trinajstić information content (AvgIpc) is 2.54. The first kappa shape index (κ1) is 18.1. The highest BCUT2D eigenvalue weighted by molar-refractivity contribution is 14.1. The van der Waals surface area contributed by atoms with Crippen LogP contribution >= 0.6 is 22.6 Å². The monoisotopic (exact) mass is 438 g/mol. The Hall–Kier alpha value is -2.21. The molecule has 1 aromatic heterocycles. The summed E-state index contributed by atoms with van der Waals surface area (Å²) in [5, 5.41) is 19.4. The summed E-state index contributed by atoms with van der Waals surface area (Å²) in [7, 11) is 0. The van der Waals surface area contributed by atoms with Gasteiger partial charge in [-0.2, -0.15) is 5.26 Å². The molecule has 7 heteroatoms. The fourth-order valence-electron chi connectivity index (χ4n) is 2.28. The van der Waals surface area contributed by atoms with Crippen LogP contribution in [0.1, 0.15) is 37.3 Å². The minimum absolute atomic E-state index is 0.0537. The number of rotatable bonds is 5. The van der Waals surface area contributed by atoms with E-state index in [0.717, 1.165) is 3.57 Å². The second-order valence-corrected chi connectivity index (χ2v) is 6.53. The summed E-state index contributed by atoms with van der Waals surface area (Å²) in [6, 6.07) is 7.18. The first-order chi connectivity index (χ1) is 11.4. The lowest BCUT2D eigenvalue weighted by Gasteiger charge is -2.18. The number of carboxylic acids is 1. The van der Waals surface area contributed by atoms with Crippen molar-refractivity contribution >= 4 is 45.4 Å². The number of benzene rings is 1. The molecule has 2 aromatic rings. The van der Waals surface area contributed by atoms with E-state index >= 15 is 0 Å². The molecule has 0 radical (unpaired) electrons. The largest absolute Gasteiger partial charge is 0.480 e. The van der Waals surface area contributed by atoms with E-state index in [2.05, 4.69) is 27.6 Å². The molecule has 0 fully saturated rings. The summed E-state index contributed by atoms with van der Waals surface area (Å²) in [4.78, 5) is 28.4. The molecule has 24 heavy (non-hydrogen) atoms. The molecule has 1 N–H and O–H groups in total. The SMILES string of the molecule is CCC(C)OC(=O)C(C(=O)O)c1c(C#N)cnc2ccc(I)cc12. The number of aliphatic carboxylic acids is 1. The molecule has 124 valence electrons. The Bertz CT molecular complexity index is 844. The van der Waals surface area contributed by atoms with E-state index in [1.54, 1.807) is 19.1 Å². The smallest absolute Gasteiger partial charge is 0.325 e. The maximum atomic E-state index is 12.4. The fourth-order valence-corrected chi connectivity index (χ4v) is 2.77. The van der Waals surface area contributed by atoms with Gasteiger partial charge in [-0.3, -0.25) is 14.6 Å². The summed E-state index contributed by atoms with van der Waals surface area (Å²) in [6.07, 6.45) is 1.45. The lowest BCUT2D eigenvalue weighted by atomic mass is 9.91. The minimum atomic E-state index is -1.57. The number of carboxylic acid groups (broad SMARTS) is 1. The lowest BCUT2D eigenvalue weighted by molar-refractivity contribution is -0.157. The highest BCUT2D eigenvalue weighted by Crippen LogP contribution is 2.30. The standard InChI is InChI=1S/C17H15IN2O4/c1-3-9(2)24-17(23)15(16(21)22)14-10(7-19)8-20-13-5-4-11(18)6-12(13)14/h4-6,8-9,15H,3H2,1-2H3,(H,21,22). The van der Waals surface area contributed by atoms with Crippen LogP contribution in [0.25, 0.3) is 10.9 Å². The van der Waals surface area contributed by atoms with E-state index in [-0.39, 0.29) is 11.1 Å². The Morgan fingerprint density at radius 2 is 2.17 bits per heavy atom. The Labute approximate surface area is 152 Å². The van der Waals surface area contributed by atoms with Gasteiger partial charge in [0.1, 0.15) is 6.07 Å². The molecule has 2 rings (SSSR count). The molecule has 0 aliphatic rings. The molecule has 0 spiro atoms. The number of hydrogen-bond acceptors (Lipinski definition) is 5. The number of nitrogens with zero attached hydrogens (tertiary/aromatic N) is 2. The number of pyridine rings is 1. The van der Waals surface area contributed by atoms with Crippen molar-refractivity contribution in [1.29, 1.82) is 5.26 Å². The second-order valence-electron chi connectivity index (χ2n) is 5.29. The molecule has 0 bridgehead atoms. The van der Waals surface area contributed by atoms with Gasteiger partial charge in [0.25, 0.3) is 0 Å². The van der Waals surface area contributed by atoms with Crippen LogP contribution in [0, 0.1) is 14.9 Å². The topological polar surface area (TPSA) is 100 Å². The molecule has 1 aromatic carbocycles. The van der Waals surface area contributed by atoms with E-state index in [9.17, 15) is 20.0 Å². The highest BCUT2D eigenvalue weighted by Gasteiger charge is 2.34. The molecule has 0 aliphatic heterocycles. The Kier molecular flexibility index (Phi) is 5.72. The van der Waals surface area contributed by atoms with Gasteiger partial charge in [0.05, 0.1) is 17.2 Å². The Morgan fingerprint density at radius 1 is 1.46 bits per heavy atom. The third-order valence-electron chi connectivity index (χ3n) is 3.66. The fraction of sp³-hybridized carbons (Fsp3) is 0.294. The number of hydrogen-bond donors (Lipinski definition) is 1. The number of aromatic nitrogens is 1. The number of fused-ring (bicyclic) bond motifs is 1. The van der Waals surface area contributed by atoms with Gasteiger partial charge in [-0.15, -0.1) is 0 Å². The van der Waals surface area contributed by atoms with Crippen molar-refractivity contribution in [3.8, 4) is 6.07 Å². The van der Waals surface area contributed by atoms with Gasteiger partial charge in [-0.25, -0.2) is 0 Å². The van der Waals surface area contributed by atoms with Gasteiger partial charge >= 0.3 is 11.9 Å². The summed E-state index contributed by atoms with van der Waals surface area (Å²) < 4.78 is 6.05. The average molecular weight is 438 g/mol. The van der Waals surface area contributed by atoms with Crippen molar-refractivity contribution in [3.63, 3.8) is 0 Å². The van der Waals surface area contributed by atoms with Gasteiger partial charge in [0, 0.05) is 20.7 Å². The zero-order valence-corrected chi connectivity index (χ0v) is 15.3. The predicted molar refractivity (Wildman–Crippen MR) is 95.4 cm³/mol. The Morgan fingerprint density at radius 3 is 2.75 bits per heavy atom. The van der Waals surface area contributed by atoms with Crippen molar-refractivity contribution in [2.45, 2.75) is 32.3 Å². The normalized spacial score (nSPS) is 13.1.